The number of hydrogen-bond donors (Lipinski definition) is 0. The summed E-state index contributed by atoms with van der Waals surface area (Å²) in [5.74, 6) is -1.57. The molecule has 0 spiro atoms. The van der Waals surface area contributed by atoms with Crippen molar-refractivity contribution in [3.8, 4) is 11.5 Å². The molecule has 0 saturated carbocycles. The van der Waals surface area contributed by atoms with Crippen LogP contribution in [0.4, 0.5) is 0 Å². The largest absolute Gasteiger partial charge is 0.496 e. The highest BCUT2D eigenvalue weighted by atomic mass is 79.9. The molecule has 0 N–H and O–H groups in total. The Morgan fingerprint density at radius 1 is 0.848 bits per heavy atom. The van der Waals surface area contributed by atoms with Crippen molar-refractivity contribution in [1.29, 1.82) is 0 Å². The minimum Gasteiger partial charge on any atom is -0.496 e. The van der Waals surface area contributed by atoms with E-state index in [1.54, 1.807) is 69.7 Å². The second-order valence-corrected chi connectivity index (χ2v) is 8.53. The zero-order valence-corrected chi connectivity index (χ0v) is 21.6. The van der Waals surface area contributed by atoms with Crippen LogP contribution in [0.25, 0.3) is 12.2 Å². The molecule has 2 rings (SSSR count). The first kappa shape index (κ1) is 26.5. The minimum atomic E-state index is -1.19. The number of ketones is 2. The molecule has 0 saturated heterocycles. The van der Waals surface area contributed by atoms with E-state index in [0.29, 0.717) is 22.6 Å². The lowest BCUT2D eigenvalue weighted by Gasteiger charge is -2.10. The lowest BCUT2D eigenvalue weighted by atomic mass is 9.93. The Labute approximate surface area is 209 Å². The van der Waals surface area contributed by atoms with Crippen molar-refractivity contribution in [2.75, 3.05) is 20.8 Å². The number of halogens is 2. The van der Waals surface area contributed by atoms with Crippen LogP contribution in [0.5, 0.6) is 11.5 Å². The van der Waals surface area contributed by atoms with Crippen LogP contribution in [0.15, 0.2) is 57.5 Å². The van der Waals surface area contributed by atoms with Gasteiger partial charge >= 0.3 is 5.97 Å². The summed E-state index contributed by atoms with van der Waals surface area (Å²) in [6.45, 7) is 1.83. The maximum atomic E-state index is 12.9. The molecule has 0 aliphatic carbocycles. The number of esters is 1. The van der Waals surface area contributed by atoms with Crippen molar-refractivity contribution in [1.82, 2.24) is 0 Å². The van der Waals surface area contributed by atoms with Crippen LogP contribution in [0, 0.1) is 5.92 Å². The zero-order valence-electron chi connectivity index (χ0n) is 18.5. The van der Waals surface area contributed by atoms with E-state index >= 15 is 0 Å². The number of carbonyl (C=O) groups excluding carboxylic acids is 3. The molecule has 0 fully saturated rings. The van der Waals surface area contributed by atoms with Gasteiger partial charge in [-0.2, -0.15) is 0 Å². The Morgan fingerprint density at radius 2 is 1.30 bits per heavy atom. The van der Waals surface area contributed by atoms with Crippen LogP contribution >= 0.6 is 31.9 Å². The lowest BCUT2D eigenvalue weighted by Crippen LogP contribution is -2.25. The van der Waals surface area contributed by atoms with Gasteiger partial charge in [-0.1, -0.05) is 24.3 Å². The summed E-state index contributed by atoms with van der Waals surface area (Å²) >= 11 is 6.75. The fourth-order valence-electron chi connectivity index (χ4n) is 2.88. The quantitative estimate of drug-likeness (QED) is 0.194. The first-order valence-corrected chi connectivity index (χ1v) is 11.6. The number of rotatable bonds is 11. The van der Waals surface area contributed by atoms with E-state index in [4.69, 9.17) is 14.2 Å². The standard InChI is InChI=1S/C25H24Br2O6/c1-4-33-25(30)15-18(21(28)11-7-16-5-9-19(26)23(13-16)31-2)22(29)12-8-17-6-10-20(27)24(14-17)32-3/h5-14,18H,4,15H2,1-3H3. The van der Waals surface area contributed by atoms with Crippen molar-refractivity contribution in [3.63, 3.8) is 0 Å². The van der Waals surface area contributed by atoms with Gasteiger partial charge in [-0.3, -0.25) is 14.4 Å². The van der Waals surface area contributed by atoms with E-state index in [2.05, 4.69) is 31.9 Å². The number of ether oxygens (including phenoxy) is 3. The number of hydrogen-bond acceptors (Lipinski definition) is 6. The molecule has 6 nitrogen and oxygen atoms in total. The molecule has 0 atom stereocenters. The van der Waals surface area contributed by atoms with Gasteiger partial charge in [-0.25, -0.2) is 0 Å². The first-order chi connectivity index (χ1) is 15.8. The van der Waals surface area contributed by atoms with Gasteiger partial charge in [0.2, 0.25) is 0 Å². The molecular formula is C25H24Br2O6. The second-order valence-electron chi connectivity index (χ2n) is 6.82. The average Bonchev–Trinajstić information content (AvgIpc) is 2.81. The molecular weight excluding hydrogens is 556 g/mol. The van der Waals surface area contributed by atoms with Gasteiger partial charge in [0.1, 0.15) is 11.5 Å². The van der Waals surface area contributed by atoms with Gasteiger partial charge in [0, 0.05) is 0 Å². The highest BCUT2D eigenvalue weighted by molar-refractivity contribution is 9.10. The van der Waals surface area contributed by atoms with Crippen molar-refractivity contribution in [2.24, 2.45) is 5.92 Å². The molecule has 0 aliphatic heterocycles. The molecule has 0 aliphatic rings. The summed E-state index contributed by atoms with van der Waals surface area (Å²) < 4.78 is 17.0. The maximum Gasteiger partial charge on any atom is 0.306 e. The van der Waals surface area contributed by atoms with Gasteiger partial charge in [-0.15, -0.1) is 0 Å². The monoisotopic (exact) mass is 578 g/mol. The van der Waals surface area contributed by atoms with Crippen molar-refractivity contribution in [3.05, 3.63) is 68.6 Å². The van der Waals surface area contributed by atoms with Gasteiger partial charge in [0.05, 0.1) is 42.1 Å². The molecule has 0 heterocycles. The summed E-state index contributed by atoms with van der Waals surface area (Å²) in [7, 11) is 3.08. The highest BCUT2D eigenvalue weighted by Gasteiger charge is 2.26. The third-order valence-corrected chi connectivity index (χ3v) is 5.90. The molecule has 33 heavy (non-hydrogen) atoms. The minimum absolute atomic E-state index is 0.164. The van der Waals surface area contributed by atoms with Crippen LogP contribution in [0.3, 0.4) is 0 Å². The van der Waals surface area contributed by atoms with Crippen LogP contribution in [-0.4, -0.2) is 38.4 Å². The summed E-state index contributed by atoms with van der Waals surface area (Å²) in [5, 5.41) is 0. The summed E-state index contributed by atoms with van der Waals surface area (Å²) in [4.78, 5) is 37.8. The van der Waals surface area contributed by atoms with E-state index in [1.807, 2.05) is 0 Å². The Balaban J connectivity index is 2.24. The maximum absolute atomic E-state index is 12.9. The van der Waals surface area contributed by atoms with Crippen molar-refractivity contribution >= 4 is 61.5 Å². The van der Waals surface area contributed by atoms with Crippen LogP contribution < -0.4 is 9.47 Å². The number of carbonyl (C=O) groups is 3. The molecule has 174 valence electrons. The molecule has 2 aromatic carbocycles. The Kier molecular flexibility index (Phi) is 10.5. The molecule has 0 bridgehead atoms. The zero-order chi connectivity index (χ0) is 24.4. The third kappa shape index (κ3) is 7.98. The molecule has 0 unspecified atom stereocenters. The second kappa shape index (κ2) is 13.1. The lowest BCUT2D eigenvalue weighted by molar-refractivity contribution is -0.147. The van der Waals surface area contributed by atoms with Crippen LogP contribution in [-0.2, 0) is 19.1 Å². The van der Waals surface area contributed by atoms with E-state index in [-0.39, 0.29) is 13.0 Å². The normalized spacial score (nSPS) is 12.0. The highest BCUT2D eigenvalue weighted by Crippen LogP contribution is 2.27. The van der Waals surface area contributed by atoms with Crippen LogP contribution in [0.2, 0.25) is 0 Å². The van der Waals surface area contributed by atoms with E-state index in [9.17, 15) is 14.4 Å². The fraction of sp³-hybridized carbons (Fsp3) is 0.240. The summed E-state index contributed by atoms with van der Waals surface area (Å²) in [6, 6.07) is 10.7. The third-order valence-electron chi connectivity index (χ3n) is 4.59. The SMILES string of the molecule is CCOC(=O)CC(C(=O)C=Cc1ccc(Br)c(OC)c1)C(=O)C=Cc1ccc(Br)c(OC)c1. The molecule has 8 heteroatoms. The van der Waals surface area contributed by atoms with Gasteiger partial charge in [0.25, 0.3) is 0 Å². The molecule has 0 amide bonds. The van der Waals surface area contributed by atoms with Gasteiger partial charge < -0.3 is 14.2 Å². The number of allylic oxidation sites excluding steroid dienone is 2. The number of benzene rings is 2. The van der Waals surface area contributed by atoms with E-state index in [0.717, 1.165) is 8.95 Å². The Hall–Kier alpha value is -2.71. The van der Waals surface area contributed by atoms with Crippen molar-refractivity contribution in [2.45, 2.75) is 13.3 Å². The van der Waals surface area contributed by atoms with Gasteiger partial charge in [0.15, 0.2) is 11.6 Å². The smallest absolute Gasteiger partial charge is 0.306 e. The Morgan fingerprint density at radius 3 is 1.70 bits per heavy atom. The summed E-state index contributed by atoms with van der Waals surface area (Å²) in [5.41, 5.74) is 1.42. The molecule has 2 aromatic rings. The first-order valence-electron chi connectivity index (χ1n) is 10.1. The Bertz CT molecular complexity index is 999. The molecule has 0 radical (unpaired) electrons. The van der Waals surface area contributed by atoms with Gasteiger partial charge in [-0.05, 0) is 86.3 Å². The van der Waals surface area contributed by atoms with E-state index in [1.165, 1.54) is 12.2 Å². The molecule has 0 aromatic heterocycles. The summed E-state index contributed by atoms with van der Waals surface area (Å²) in [6.07, 6.45) is 5.40. The van der Waals surface area contributed by atoms with Crippen LogP contribution in [0.1, 0.15) is 24.5 Å². The average molecular weight is 580 g/mol. The van der Waals surface area contributed by atoms with Crippen molar-refractivity contribution < 1.29 is 28.6 Å². The fourth-order valence-corrected chi connectivity index (χ4v) is 3.69. The predicted molar refractivity (Wildman–Crippen MR) is 134 cm³/mol. The number of methoxy groups -OCH3 is 2. The van der Waals surface area contributed by atoms with E-state index < -0.39 is 23.5 Å². The predicted octanol–water partition coefficient (Wildman–Crippen LogP) is 5.66. The topological polar surface area (TPSA) is 78.9 Å².